The number of halogens is 1. The highest BCUT2D eigenvalue weighted by Crippen LogP contribution is 2.31. The molecule has 0 unspecified atom stereocenters. The number of aromatic nitrogens is 1. The minimum atomic E-state index is 0.474. The number of methoxy groups -OCH3 is 1. The van der Waals surface area contributed by atoms with Crippen molar-refractivity contribution in [3.05, 3.63) is 35.0 Å². The lowest BCUT2D eigenvalue weighted by atomic mass is 10.1. The van der Waals surface area contributed by atoms with Crippen LogP contribution in [-0.4, -0.2) is 12.1 Å². The third kappa shape index (κ3) is 2.20. The first kappa shape index (κ1) is 11.4. The summed E-state index contributed by atoms with van der Waals surface area (Å²) in [7, 11) is 1.67. The van der Waals surface area contributed by atoms with Crippen molar-refractivity contribution in [2.24, 2.45) is 0 Å². The van der Waals surface area contributed by atoms with E-state index in [2.05, 4.69) is 4.98 Å². The van der Waals surface area contributed by atoms with E-state index in [9.17, 15) is 0 Å². The average molecular weight is 254 g/mol. The number of nitrogens with zero attached hydrogens (tertiary/aromatic N) is 1. The Labute approximate surface area is 104 Å². The van der Waals surface area contributed by atoms with E-state index in [-0.39, 0.29) is 0 Å². The molecule has 0 radical (unpaired) electrons. The molecule has 2 nitrogen and oxygen atoms in total. The summed E-state index contributed by atoms with van der Waals surface area (Å²) >= 11 is 7.42. The van der Waals surface area contributed by atoms with Gasteiger partial charge in [-0.2, -0.15) is 0 Å². The van der Waals surface area contributed by atoms with Gasteiger partial charge in [0, 0.05) is 0 Å². The quantitative estimate of drug-likeness (QED) is 0.775. The molecule has 0 aliphatic rings. The largest absolute Gasteiger partial charge is 0.497 e. The van der Waals surface area contributed by atoms with E-state index in [1.54, 1.807) is 18.4 Å². The number of hydrogen-bond acceptors (Lipinski definition) is 3. The van der Waals surface area contributed by atoms with Gasteiger partial charge in [-0.15, -0.1) is 22.9 Å². The predicted octanol–water partition coefficient (Wildman–Crippen LogP) is 3.87. The Morgan fingerprint density at radius 1 is 1.31 bits per heavy atom. The first-order chi connectivity index (χ1) is 7.74. The molecular formula is C12H12ClNOS. The summed E-state index contributed by atoms with van der Waals surface area (Å²) in [5.74, 6) is 1.34. The van der Waals surface area contributed by atoms with Gasteiger partial charge < -0.3 is 4.74 Å². The van der Waals surface area contributed by atoms with Crippen LogP contribution in [0.2, 0.25) is 0 Å². The zero-order valence-electron chi connectivity index (χ0n) is 9.16. The number of ether oxygens (including phenoxy) is 1. The summed E-state index contributed by atoms with van der Waals surface area (Å²) in [6, 6.07) is 7.98. The van der Waals surface area contributed by atoms with Gasteiger partial charge in [0.05, 0.1) is 23.6 Å². The second kappa shape index (κ2) is 4.85. The van der Waals surface area contributed by atoms with Crippen molar-refractivity contribution in [1.82, 2.24) is 4.98 Å². The van der Waals surface area contributed by atoms with E-state index >= 15 is 0 Å². The molecule has 2 aromatic rings. The standard InChI is InChI=1S/C12H12ClNOS/c1-8-12(16-11(7-13)14-8)9-3-5-10(15-2)6-4-9/h3-6H,7H2,1-2H3. The van der Waals surface area contributed by atoms with E-state index in [0.29, 0.717) is 5.88 Å². The zero-order chi connectivity index (χ0) is 11.5. The minimum absolute atomic E-state index is 0.474. The second-order valence-electron chi connectivity index (χ2n) is 3.38. The van der Waals surface area contributed by atoms with Gasteiger partial charge in [0.2, 0.25) is 0 Å². The van der Waals surface area contributed by atoms with Crippen molar-refractivity contribution in [1.29, 1.82) is 0 Å². The lowest BCUT2D eigenvalue weighted by molar-refractivity contribution is 0.415. The lowest BCUT2D eigenvalue weighted by Gasteiger charge is -2.01. The van der Waals surface area contributed by atoms with Crippen molar-refractivity contribution in [3.63, 3.8) is 0 Å². The molecule has 2 rings (SSSR count). The number of alkyl halides is 1. The van der Waals surface area contributed by atoms with Gasteiger partial charge in [-0.3, -0.25) is 0 Å². The van der Waals surface area contributed by atoms with Gasteiger partial charge >= 0.3 is 0 Å². The van der Waals surface area contributed by atoms with Gasteiger partial charge in [0.25, 0.3) is 0 Å². The first-order valence-electron chi connectivity index (χ1n) is 4.91. The molecule has 0 bridgehead atoms. The van der Waals surface area contributed by atoms with Crippen molar-refractivity contribution < 1.29 is 4.74 Å². The Morgan fingerprint density at radius 3 is 2.50 bits per heavy atom. The predicted molar refractivity (Wildman–Crippen MR) is 68.4 cm³/mol. The number of benzene rings is 1. The Morgan fingerprint density at radius 2 is 2.00 bits per heavy atom. The lowest BCUT2D eigenvalue weighted by Crippen LogP contribution is -1.82. The van der Waals surface area contributed by atoms with E-state index in [0.717, 1.165) is 22.0 Å². The smallest absolute Gasteiger partial charge is 0.118 e. The summed E-state index contributed by atoms with van der Waals surface area (Å²) in [5.41, 5.74) is 2.19. The van der Waals surface area contributed by atoms with Gasteiger partial charge in [-0.05, 0) is 36.8 Å². The molecule has 0 saturated carbocycles. The maximum Gasteiger partial charge on any atom is 0.118 e. The van der Waals surface area contributed by atoms with Gasteiger partial charge in [0.1, 0.15) is 10.8 Å². The van der Waals surface area contributed by atoms with Crippen LogP contribution in [0.3, 0.4) is 0 Å². The number of aryl methyl sites for hydroxylation is 1. The molecule has 0 fully saturated rings. The van der Waals surface area contributed by atoms with Crippen molar-refractivity contribution in [2.75, 3.05) is 7.11 Å². The summed E-state index contributed by atoms with van der Waals surface area (Å²) < 4.78 is 5.13. The number of hydrogen-bond donors (Lipinski definition) is 0. The zero-order valence-corrected chi connectivity index (χ0v) is 10.7. The number of rotatable bonds is 3. The number of thiazole rings is 1. The molecule has 0 spiro atoms. The fourth-order valence-corrected chi connectivity index (χ4v) is 2.66. The van der Waals surface area contributed by atoms with Crippen LogP contribution in [0.1, 0.15) is 10.7 Å². The maximum absolute atomic E-state index is 5.78. The molecule has 4 heteroatoms. The van der Waals surface area contributed by atoms with Crippen LogP contribution in [0, 0.1) is 6.92 Å². The highest BCUT2D eigenvalue weighted by Gasteiger charge is 2.08. The van der Waals surface area contributed by atoms with Crippen molar-refractivity contribution in [2.45, 2.75) is 12.8 Å². The fraction of sp³-hybridized carbons (Fsp3) is 0.250. The van der Waals surface area contributed by atoms with Gasteiger partial charge in [-0.1, -0.05) is 0 Å². The van der Waals surface area contributed by atoms with Crippen molar-refractivity contribution in [3.8, 4) is 16.2 Å². The first-order valence-corrected chi connectivity index (χ1v) is 6.26. The summed E-state index contributed by atoms with van der Waals surface area (Å²) in [5, 5.41) is 0.963. The SMILES string of the molecule is COc1ccc(-c2sc(CCl)nc2C)cc1. The average Bonchev–Trinajstić information content (AvgIpc) is 2.71. The monoisotopic (exact) mass is 253 g/mol. The van der Waals surface area contributed by atoms with Crippen LogP contribution in [0.5, 0.6) is 5.75 Å². The molecule has 0 amide bonds. The molecule has 1 aromatic heterocycles. The molecule has 1 heterocycles. The van der Waals surface area contributed by atoms with Crippen LogP contribution in [0.15, 0.2) is 24.3 Å². The topological polar surface area (TPSA) is 22.1 Å². The van der Waals surface area contributed by atoms with E-state index < -0.39 is 0 Å². The third-order valence-electron chi connectivity index (χ3n) is 2.31. The molecule has 0 N–H and O–H groups in total. The molecule has 16 heavy (non-hydrogen) atoms. The minimum Gasteiger partial charge on any atom is -0.497 e. The Balaban J connectivity index is 2.38. The van der Waals surface area contributed by atoms with E-state index in [4.69, 9.17) is 16.3 Å². The van der Waals surface area contributed by atoms with Crippen LogP contribution in [0.25, 0.3) is 10.4 Å². The molecule has 0 atom stereocenters. The van der Waals surface area contributed by atoms with Crippen LogP contribution >= 0.6 is 22.9 Å². The Hall–Kier alpha value is -1.06. The summed E-state index contributed by atoms with van der Waals surface area (Å²) in [4.78, 5) is 5.58. The Bertz CT molecular complexity index is 478. The molecule has 1 aromatic carbocycles. The van der Waals surface area contributed by atoms with Gasteiger partial charge in [-0.25, -0.2) is 4.98 Å². The molecule has 0 saturated heterocycles. The van der Waals surface area contributed by atoms with E-state index in [1.807, 2.05) is 31.2 Å². The maximum atomic E-state index is 5.78. The molecular weight excluding hydrogens is 242 g/mol. The van der Waals surface area contributed by atoms with Crippen LogP contribution in [0.4, 0.5) is 0 Å². The summed E-state index contributed by atoms with van der Waals surface area (Å²) in [6.07, 6.45) is 0. The molecule has 84 valence electrons. The van der Waals surface area contributed by atoms with E-state index in [1.165, 1.54) is 4.88 Å². The Kier molecular flexibility index (Phi) is 3.46. The van der Waals surface area contributed by atoms with Gasteiger partial charge in [0.15, 0.2) is 0 Å². The normalized spacial score (nSPS) is 10.4. The molecule has 0 aliphatic heterocycles. The van der Waals surface area contributed by atoms with Crippen LogP contribution in [-0.2, 0) is 5.88 Å². The highest BCUT2D eigenvalue weighted by atomic mass is 35.5. The second-order valence-corrected chi connectivity index (χ2v) is 4.74. The third-order valence-corrected chi connectivity index (χ3v) is 3.93. The van der Waals surface area contributed by atoms with Crippen molar-refractivity contribution >= 4 is 22.9 Å². The fourth-order valence-electron chi connectivity index (χ4n) is 1.52. The van der Waals surface area contributed by atoms with Crippen LogP contribution < -0.4 is 4.74 Å². The summed E-state index contributed by atoms with van der Waals surface area (Å²) in [6.45, 7) is 2.01. The molecule has 0 aliphatic carbocycles. The highest BCUT2D eigenvalue weighted by molar-refractivity contribution is 7.15.